The SMILES string of the molecule is C=C.C=CC(=O)OC.C=CC(=O)OCC1CCCO1. The fourth-order valence-corrected chi connectivity index (χ4v) is 1.09. The Bertz CT molecular complexity index is 280. The molecule has 1 atom stereocenters. The summed E-state index contributed by atoms with van der Waals surface area (Å²) in [7, 11) is 1.31. The van der Waals surface area contributed by atoms with Gasteiger partial charge in [-0.05, 0) is 12.8 Å². The van der Waals surface area contributed by atoms with Crippen LogP contribution in [0.25, 0.3) is 0 Å². The first kappa shape index (κ1) is 19.5. The molecular weight excluding hydrogens is 248 g/mol. The van der Waals surface area contributed by atoms with Crippen molar-refractivity contribution in [3.8, 4) is 0 Å². The molecule has 0 spiro atoms. The van der Waals surface area contributed by atoms with Crippen LogP contribution in [-0.4, -0.2) is 38.4 Å². The summed E-state index contributed by atoms with van der Waals surface area (Å²) in [5, 5.41) is 0. The summed E-state index contributed by atoms with van der Waals surface area (Å²) in [4.78, 5) is 20.4. The monoisotopic (exact) mass is 270 g/mol. The van der Waals surface area contributed by atoms with Gasteiger partial charge < -0.3 is 14.2 Å². The number of carbonyl (C=O) groups is 2. The molecule has 0 radical (unpaired) electrons. The van der Waals surface area contributed by atoms with E-state index in [2.05, 4.69) is 31.1 Å². The Hall–Kier alpha value is -1.88. The third-order valence-corrected chi connectivity index (χ3v) is 1.97. The molecule has 5 nitrogen and oxygen atoms in total. The van der Waals surface area contributed by atoms with E-state index < -0.39 is 5.97 Å². The highest BCUT2D eigenvalue weighted by molar-refractivity contribution is 5.81. The molecule has 0 aromatic heterocycles. The highest BCUT2D eigenvalue weighted by Crippen LogP contribution is 2.11. The molecule has 0 aliphatic carbocycles. The second-order valence-electron chi connectivity index (χ2n) is 3.20. The van der Waals surface area contributed by atoms with Crippen LogP contribution in [0.4, 0.5) is 0 Å². The molecule has 19 heavy (non-hydrogen) atoms. The number of hydrogen-bond donors (Lipinski definition) is 0. The maximum absolute atomic E-state index is 10.6. The highest BCUT2D eigenvalue weighted by atomic mass is 16.6. The second kappa shape index (κ2) is 14.2. The lowest BCUT2D eigenvalue weighted by molar-refractivity contribution is -0.141. The third-order valence-electron chi connectivity index (χ3n) is 1.97. The van der Waals surface area contributed by atoms with Gasteiger partial charge in [-0.25, -0.2) is 9.59 Å². The van der Waals surface area contributed by atoms with E-state index in [1.54, 1.807) is 0 Å². The molecular formula is C14H22O5. The third kappa shape index (κ3) is 12.4. The van der Waals surface area contributed by atoms with Gasteiger partial charge in [0.2, 0.25) is 0 Å². The maximum Gasteiger partial charge on any atom is 0.330 e. The lowest BCUT2D eigenvalue weighted by Crippen LogP contribution is -2.16. The number of esters is 2. The largest absolute Gasteiger partial charge is 0.466 e. The van der Waals surface area contributed by atoms with E-state index in [1.165, 1.54) is 7.11 Å². The van der Waals surface area contributed by atoms with Gasteiger partial charge in [0, 0.05) is 18.8 Å². The van der Waals surface area contributed by atoms with Crippen molar-refractivity contribution in [1.29, 1.82) is 0 Å². The minimum atomic E-state index is -0.394. The normalized spacial score (nSPS) is 15.7. The lowest BCUT2D eigenvalue weighted by Gasteiger charge is -2.07. The van der Waals surface area contributed by atoms with Gasteiger partial charge in [0.15, 0.2) is 0 Å². The van der Waals surface area contributed by atoms with Gasteiger partial charge in [0.25, 0.3) is 0 Å². The van der Waals surface area contributed by atoms with Crippen molar-refractivity contribution in [1.82, 2.24) is 0 Å². The standard InChI is InChI=1S/C8H12O3.C4H6O2.C2H4/c1-2-8(9)11-6-7-4-3-5-10-7;1-3-4(5)6-2;1-2/h2,7H,1,3-6H2;3H,1H2,2H3;1-2H2. The zero-order chi connectivity index (χ0) is 15.1. The van der Waals surface area contributed by atoms with E-state index >= 15 is 0 Å². The Morgan fingerprint density at radius 1 is 1.26 bits per heavy atom. The van der Waals surface area contributed by atoms with E-state index in [0.29, 0.717) is 6.61 Å². The van der Waals surface area contributed by atoms with Gasteiger partial charge in [-0.15, -0.1) is 13.2 Å². The Morgan fingerprint density at radius 2 is 1.84 bits per heavy atom. The molecule has 1 aliphatic heterocycles. The van der Waals surface area contributed by atoms with Crippen LogP contribution in [0.15, 0.2) is 38.5 Å². The number of ether oxygens (including phenoxy) is 3. The predicted octanol–water partition coefficient (Wildman–Crippen LogP) is 2.04. The van der Waals surface area contributed by atoms with Crippen LogP contribution >= 0.6 is 0 Å². The highest BCUT2D eigenvalue weighted by Gasteiger charge is 2.16. The molecule has 5 heteroatoms. The van der Waals surface area contributed by atoms with Crippen LogP contribution in [-0.2, 0) is 23.8 Å². The molecule has 108 valence electrons. The zero-order valence-electron chi connectivity index (χ0n) is 11.4. The topological polar surface area (TPSA) is 61.8 Å². The van der Waals surface area contributed by atoms with Crippen LogP contribution in [0, 0.1) is 0 Å². The van der Waals surface area contributed by atoms with Crippen molar-refractivity contribution in [2.75, 3.05) is 20.3 Å². The number of rotatable bonds is 4. The molecule has 0 bridgehead atoms. The van der Waals surface area contributed by atoms with Crippen molar-refractivity contribution in [3.05, 3.63) is 38.5 Å². The van der Waals surface area contributed by atoms with Gasteiger partial charge in [-0.3, -0.25) is 0 Å². The molecule has 1 heterocycles. The summed E-state index contributed by atoms with van der Waals surface area (Å²) in [5.41, 5.74) is 0. The van der Waals surface area contributed by atoms with Crippen molar-refractivity contribution in [2.24, 2.45) is 0 Å². The van der Waals surface area contributed by atoms with E-state index in [0.717, 1.165) is 31.6 Å². The fraction of sp³-hybridized carbons (Fsp3) is 0.429. The van der Waals surface area contributed by atoms with Crippen LogP contribution < -0.4 is 0 Å². The number of carbonyl (C=O) groups excluding carboxylic acids is 2. The first-order valence-corrected chi connectivity index (χ1v) is 5.75. The molecule has 0 N–H and O–H groups in total. The molecule has 0 aromatic rings. The summed E-state index contributed by atoms with van der Waals surface area (Å²) in [5.74, 6) is -0.768. The number of methoxy groups -OCH3 is 1. The molecule has 1 saturated heterocycles. The van der Waals surface area contributed by atoms with Crippen molar-refractivity contribution >= 4 is 11.9 Å². The van der Waals surface area contributed by atoms with E-state index in [1.807, 2.05) is 0 Å². The van der Waals surface area contributed by atoms with Crippen LogP contribution in [0.3, 0.4) is 0 Å². The molecule has 0 amide bonds. The molecule has 0 aromatic carbocycles. The molecule has 1 aliphatic rings. The zero-order valence-corrected chi connectivity index (χ0v) is 11.4. The minimum absolute atomic E-state index is 0.110. The number of hydrogen-bond acceptors (Lipinski definition) is 5. The van der Waals surface area contributed by atoms with Gasteiger partial charge in [0.1, 0.15) is 6.61 Å². The van der Waals surface area contributed by atoms with E-state index in [9.17, 15) is 9.59 Å². The summed E-state index contributed by atoms with van der Waals surface area (Å²) in [6.07, 6.45) is 4.44. The first-order chi connectivity index (χ1) is 9.13. The van der Waals surface area contributed by atoms with E-state index in [-0.39, 0.29) is 12.1 Å². The maximum atomic E-state index is 10.6. The Labute approximate surface area is 114 Å². The Balaban J connectivity index is 0. The summed E-state index contributed by atoms with van der Waals surface area (Å²) in [6.45, 7) is 13.6. The smallest absolute Gasteiger partial charge is 0.330 e. The molecule has 1 fully saturated rings. The lowest BCUT2D eigenvalue weighted by atomic mass is 10.2. The van der Waals surface area contributed by atoms with Gasteiger partial charge >= 0.3 is 11.9 Å². The quantitative estimate of drug-likeness (QED) is 0.444. The second-order valence-corrected chi connectivity index (χ2v) is 3.20. The first-order valence-electron chi connectivity index (χ1n) is 5.75. The van der Waals surface area contributed by atoms with Crippen molar-refractivity contribution < 1.29 is 23.8 Å². The molecule has 1 rings (SSSR count). The van der Waals surface area contributed by atoms with Gasteiger partial charge in [0.05, 0.1) is 13.2 Å². The van der Waals surface area contributed by atoms with Crippen LogP contribution in [0.2, 0.25) is 0 Å². The molecule has 0 saturated carbocycles. The van der Waals surface area contributed by atoms with Gasteiger partial charge in [-0.2, -0.15) is 0 Å². The predicted molar refractivity (Wildman–Crippen MR) is 73.6 cm³/mol. The summed E-state index contributed by atoms with van der Waals surface area (Å²) >= 11 is 0. The van der Waals surface area contributed by atoms with Crippen LogP contribution in [0.1, 0.15) is 12.8 Å². The molecule has 1 unspecified atom stereocenters. The summed E-state index contributed by atoms with van der Waals surface area (Å²) < 4.78 is 14.2. The average molecular weight is 270 g/mol. The van der Waals surface area contributed by atoms with Gasteiger partial charge in [-0.1, -0.05) is 13.2 Å². The van der Waals surface area contributed by atoms with Crippen molar-refractivity contribution in [3.63, 3.8) is 0 Å². The summed E-state index contributed by atoms with van der Waals surface area (Å²) in [6, 6.07) is 0. The van der Waals surface area contributed by atoms with Crippen molar-refractivity contribution in [2.45, 2.75) is 18.9 Å². The Morgan fingerprint density at radius 3 is 2.16 bits per heavy atom. The average Bonchev–Trinajstić information content (AvgIpc) is 2.99. The van der Waals surface area contributed by atoms with E-state index in [4.69, 9.17) is 9.47 Å². The van der Waals surface area contributed by atoms with Crippen LogP contribution in [0.5, 0.6) is 0 Å². The minimum Gasteiger partial charge on any atom is -0.466 e. The fourth-order valence-electron chi connectivity index (χ4n) is 1.09. The Kier molecular flexibility index (Phi) is 14.5.